The Morgan fingerprint density at radius 3 is 2.89 bits per heavy atom. The lowest BCUT2D eigenvalue weighted by atomic mass is 10.1. The molecule has 2 aromatic rings. The fourth-order valence-electron chi connectivity index (χ4n) is 1.97. The summed E-state index contributed by atoms with van der Waals surface area (Å²) in [6, 6.07) is 5.54. The summed E-state index contributed by atoms with van der Waals surface area (Å²) in [6.45, 7) is 2.03. The zero-order chi connectivity index (χ0) is 13.8. The van der Waals surface area contributed by atoms with Gasteiger partial charge in [0.15, 0.2) is 0 Å². The molecule has 1 unspecified atom stereocenters. The van der Waals surface area contributed by atoms with Gasteiger partial charge in [0.1, 0.15) is 11.6 Å². The van der Waals surface area contributed by atoms with Gasteiger partial charge in [0, 0.05) is 11.1 Å². The summed E-state index contributed by atoms with van der Waals surface area (Å²) in [4.78, 5) is 26.6. The predicted octanol–water partition coefficient (Wildman–Crippen LogP) is 1.86. The van der Waals surface area contributed by atoms with Crippen LogP contribution in [0.15, 0.2) is 33.3 Å². The van der Waals surface area contributed by atoms with Crippen LogP contribution >= 0.6 is 11.3 Å². The summed E-state index contributed by atoms with van der Waals surface area (Å²) >= 11 is 1.56. The number of aromatic amines is 1. The van der Waals surface area contributed by atoms with Crippen LogP contribution in [0.25, 0.3) is 0 Å². The van der Waals surface area contributed by atoms with Gasteiger partial charge in [0.25, 0.3) is 5.56 Å². The molecule has 0 amide bonds. The highest BCUT2D eigenvalue weighted by Crippen LogP contribution is 2.25. The summed E-state index contributed by atoms with van der Waals surface area (Å²) in [5.74, 6) is 0. The Morgan fingerprint density at radius 2 is 2.32 bits per heavy atom. The van der Waals surface area contributed by atoms with Crippen LogP contribution in [0.3, 0.4) is 0 Å². The van der Waals surface area contributed by atoms with Crippen molar-refractivity contribution in [2.75, 3.05) is 0 Å². The Kier molecular flexibility index (Phi) is 3.97. The van der Waals surface area contributed by atoms with Crippen molar-refractivity contribution in [3.8, 4) is 6.07 Å². The molecule has 5 nitrogen and oxygen atoms in total. The third kappa shape index (κ3) is 2.66. The van der Waals surface area contributed by atoms with E-state index in [1.165, 1.54) is 10.8 Å². The number of nitrogens with one attached hydrogen (secondary N) is 1. The number of hydrogen-bond donors (Lipinski definition) is 1. The van der Waals surface area contributed by atoms with Crippen molar-refractivity contribution < 1.29 is 0 Å². The molecule has 0 bridgehead atoms. The molecule has 1 N–H and O–H groups in total. The fraction of sp³-hybridized carbons (Fsp3) is 0.308. The molecule has 0 aliphatic heterocycles. The molecule has 2 heterocycles. The molecule has 2 aromatic heterocycles. The van der Waals surface area contributed by atoms with Gasteiger partial charge in [-0.1, -0.05) is 19.4 Å². The Morgan fingerprint density at radius 1 is 1.53 bits per heavy atom. The number of rotatable bonds is 4. The van der Waals surface area contributed by atoms with E-state index in [2.05, 4.69) is 4.98 Å². The Hall–Kier alpha value is -2.13. The molecular formula is C13H13N3O2S. The van der Waals surface area contributed by atoms with Crippen LogP contribution in [0.1, 0.15) is 36.2 Å². The zero-order valence-electron chi connectivity index (χ0n) is 10.4. The van der Waals surface area contributed by atoms with Crippen LogP contribution in [0.5, 0.6) is 0 Å². The summed E-state index contributed by atoms with van der Waals surface area (Å²) in [6.07, 6.45) is 3.02. The van der Waals surface area contributed by atoms with Gasteiger partial charge < -0.3 is 0 Å². The smallest absolute Gasteiger partial charge is 0.291 e. The highest BCUT2D eigenvalue weighted by Gasteiger charge is 2.17. The Bertz CT molecular complexity index is 707. The lowest BCUT2D eigenvalue weighted by Crippen LogP contribution is -2.33. The number of H-pyrrole nitrogens is 1. The van der Waals surface area contributed by atoms with Crippen LogP contribution < -0.4 is 11.2 Å². The standard InChI is InChI=1S/C13H13N3O2S/c1-2-4-10(11-5-3-6-19-11)16-8-9(7-14)12(17)15-13(16)18/h3,5-6,8,10H,2,4H2,1H3,(H,15,17,18). The first kappa shape index (κ1) is 13.3. The van der Waals surface area contributed by atoms with Gasteiger partial charge in [0.2, 0.25) is 0 Å². The van der Waals surface area contributed by atoms with Gasteiger partial charge >= 0.3 is 5.69 Å². The second kappa shape index (κ2) is 5.67. The first-order chi connectivity index (χ1) is 9.17. The minimum absolute atomic E-state index is 0.0442. The normalized spacial score (nSPS) is 12.0. The van der Waals surface area contributed by atoms with E-state index in [4.69, 9.17) is 5.26 Å². The molecule has 0 fully saturated rings. The Labute approximate surface area is 113 Å². The van der Waals surface area contributed by atoms with Crippen molar-refractivity contribution in [3.63, 3.8) is 0 Å². The van der Waals surface area contributed by atoms with Crippen molar-refractivity contribution in [1.29, 1.82) is 5.26 Å². The fourth-order valence-corrected chi connectivity index (χ4v) is 2.83. The number of thiophene rings is 1. The molecule has 1 atom stereocenters. The van der Waals surface area contributed by atoms with Crippen LogP contribution in [0.4, 0.5) is 0 Å². The van der Waals surface area contributed by atoms with Crippen LogP contribution in [-0.4, -0.2) is 9.55 Å². The van der Waals surface area contributed by atoms with Crippen LogP contribution in [0, 0.1) is 11.3 Å². The van der Waals surface area contributed by atoms with E-state index >= 15 is 0 Å². The average molecular weight is 275 g/mol. The SMILES string of the molecule is CCCC(c1cccs1)n1cc(C#N)c(=O)[nH]c1=O. The zero-order valence-corrected chi connectivity index (χ0v) is 11.2. The molecule has 0 saturated heterocycles. The van der Waals surface area contributed by atoms with Gasteiger partial charge in [0.05, 0.1) is 6.04 Å². The molecule has 0 aliphatic rings. The van der Waals surface area contributed by atoms with Gasteiger partial charge in [-0.3, -0.25) is 14.3 Å². The Balaban J connectivity index is 2.58. The van der Waals surface area contributed by atoms with Gasteiger partial charge in [-0.2, -0.15) is 5.26 Å². The summed E-state index contributed by atoms with van der Waals surface area (Å²) < 4.78 is 1.44. The highest BCUT2D eigenvalue weighted by atomic mass is 32.1. The van der Waals surface area contributed by atoms with Gasteiger partial charge in [-0.15, -0.1) is 11.3 Å². The van der Waals surface area contributed by atoms with Crippen molar-refractivity contribution in [2.24, 2.45) is 0 Å². The molecule has 0 aromatic carbocycles. The van der Waals surface area contributed by atoms with E-state index in [0.29, 0.717) is 0 Å². The topological polar surface area (TPSA) is 78.7 Å². The molecule has 2 rings (SSSR count). The maximum absolute atomic E-state index is 11.9. The molecule has 6 heteroatoms. The van der Waals surface area contributed by atoms with Crippen molar-refractivity contribution in [3.05, 3.63) is 55.0 Å². The van der Waals surface area contributed by atoms with E-state index in [1.54, 1.807) is 17.4 Å². The maximum atomic E-state index is 11.9. The lowest BCUT2D eigenvalue weighted by molar-refractivity contribution is 0.513. The van der Waals surface area contributed by atoms with Crippen LogP contribution in [-0.2, 0) is 0 Å². The highest BCUT2D eigenvalue weighted by molar-refractivity contribution is 7.10. The average Bonchev–Trinajstić information content (AvgIpc) is 2.90. The van der Waals surface area contributed by atoms with Crippen LogP contribution in [0.2, 0.25) is 0 Å². The number of hydrogen-bond acceptors (Lipinski definition) is 4. The third-order valence-electron chi connectivity index (χ3n) is 2.86. The van der Waals surface area contributed by atoms with Crippen molar-refractivity contribution >= 4 is 11.3 Å². The third-order valence-corrected chi connectivity index (χ3v) is 3.83. The summed E-state index contributed by atoms with van der Waals surface area (Å²) in [7, 11) is 0. The molecule has 19 heavy (non-hydrogen) atoms. The largest absolute Gasteiger partial charge is 0.328 e. The molecule has 98 valence electrons. The molecule has 0 saturated carbocycles. The molecule has 0 radical (unpaired) electrons. The van der Waals surface area contributed by atoms with E-state index in [0.717, 1.165) is 17.7 Å². The summed E-state index contributed by atoms with van der Waals surface area (Å²) in [5, 5.41) is 10.8. The quantitative estimate of drug-likeness (QED) is 0.925. The molecule has 0 aliphatic carbocycles. The molecule has 0 spiro atoms. The minimum Gasteiger partial charge on any atom is -0.291 e. The predicted molar refractivity (Wildman–Crippen MR) is 73.4 cm³/mol. The second-order valence-electron chi connectivity index (χ2n) is 4.14. The van der Waals surface area contributed by atoms with E-state index in [-0.39, 0.29) is 11.6 Å². The van der Waals surface area contributed by atoms with E-state index in [1.807, 2.05) is 24.4 Å². The van der Waals surface area contributed by atoms with Gasteiger partial charge in [-0.05, 0) is 17.9 Å². The summed E-state index contributed by atoms with van der Waals surface area (Å²) in [5.41, 5.74) is -1.15. The number of nitrogens with zero attached hydrogens (tertiary/aromatic N) is 2. The first-order valence-electron chi connectivity index (χ1n) is 5.96. The van der Waals surface area contributed by atoms with Crippen molar-refractivity contribution in [2.45, 2.75) is 25.8 Å². The van der Waals surface area contributed by atoms with Crippen molar-refractivity contribution in [1.82, 2.24) is 9.55 Å². The number of aromatic nitrogens is 2. The number of nitriles is 1. The van der Waals surface area contributed by atoms with Gasteiger partial charge in [-0.25, -0.2) is 4.79 Å². The lowest BCUT2D eigenvalue weighted by Gasteiger charge is -2.17. The second-order valence-corrected chi connectivity index (χ2v) is 5.12. The first-order valence-corrected chi connectivity index (χ1v) is 6.84. The minimum atomic E-state index is -0.634. The maximum Gasteiger partial charge on any atom is 0.328 e. The molecular weight excluding hydrogens is 262 g/mol. The van der Waals surface area contributed by atoms with E-state index < -0.39 is 11.2 Å². The van der Waals surface area contributed by atoms with E-state index in [9.17, 15) is 9.59 Å². The monoisotopic (exact) mass is 275 g/mol.